The summed E-state index contributed by atoms with van der Waals surface area (Å²) in [5.74, 6) is -0.0800. The van der Waals surface area contributed by atoms with Crippen LogP contribution in [-0.4, -0.2) is 32.2 Å². The molecule has 0 aromatic carbocycles. The minimum Gasteiger partial charge on any atom is -0.380 e. The summed E-state index contributed by atoms with van der Waals surface area (Å²) in [5.41, 5.74) is 0.314. The van der Waals surface area contributed by atoms with Crippen LogP contribution in [0.2, 0.25) is 0 Å². The standard InChI is InChI=1S/C13H26O3/c1-6-15-13(5,16-7-2)11(3)8-12(4)9-14-10-12/h11H,6-10H2,1-5H3. The van der Waals surface area contributed by atoms with Gasteiger partial charge in [-0.15, -0.1) is 0 Å². The Morgan fingerprint density at radius 3 is 2.06 bits per heavy atom. The Hall–Kier alpha value is -0.120. The van der Waals surface area contributed by atoms with Crippen LogP contribution < -0.4 is 0 Å². The molecule has 3 nitrogen and oxygen atoms in total. The molecule has 16 heavy (non-hydrogen) atoms. The molecule has 1 saturated heterocycles. The highest BCUT2D eigenvalue weighted by atomic mass is 16.7. The molecule has 1 fully saturated rings. The summed E-state index contributed by atoms with van der Waals surface area (Å²) in [5, 5.41) is 0. The lowest BCUT2D eigenvalue weighted by Gasteiger charge is -2.44. The molecule has 0 aromatic heterocycles. The third-order valence-electron chi connectivity index (χ3n) is 3.46. The van der Waals surface area contributed by atoms with Crippen molar-refractivity contribution in [2.45, 2.75) is 46.8 Å². The second kappa shape index (κ2) is 5.48. The van der Waals surface area contributed by atoms with E-state index in [-0.39, 0.29) is 0 Å². The van der Waals surface area contributed by atoms with Gasteiger partial charge in [-0.2, -0.15) is 0 Å². The van der Waals surface area contributed by atoms with Gasteiger partial charge in [0.1, 0.15) is 0 Å². The Morgan fingerprint density at radius 2 is 1.75 bits per heavy atom. The molecule has 0 aliphatic carbocycles. The average molecular weight is 230 g/mol. The van der Waals surface area contributed by atoms with Crippen molar-refractivity contribution in [2.75, 3.05) is 26.4 Å². The Bertz CT molecular complexity index is 205. The lowest BCUT2D eigenvalue weighted by atomic mass is 9.77. The second-order valence-corrected chi connectivity index (χ2v) is 5.29. The van der Waals surface area contributed by atoms with E-state index in [4.69, 9.17) is 14.2 Å². The quantitative estimate of drug-likeness (QED) is 0.629. The molecule has 1 aliphatic heterocycles. The van der Waals surface area contributed by atoms with Crippen LogP contribution >= 0.6 is 0 Å². The number of hydrogen-bond donors (Lipinski definition) is 0. The lowest BCUT2D eigenvalue weighted by molar-refractivity contribution is -0.259. The molecule has 0 saturated carbocycles. The van der Waals surface area contributed by atoms with Gasteiger partial charge in [0, 0.05) is 24.5 Å². The fourth-order valence-electron chi connectivity index (χ4n) is 2.39. The molecule has 1 heterocycles. The van der Waals surface area contributed by atoms with Crippen molar-refractivity contribution in [2.24, 2.45) is 11.3 Å². The molecule has 0 amide bonds. The first-order chi connectivity index (χ1) is 7.46. The fourth-order valence-corrected chi connectivity index (χ4v) is 2.39. The van der Waals surface area contributed by atoms with E-state index < -0.39 is 5.79 Å². The highest BCUT2D eigenvalue weighted by molar-refractivity contribution is 4.86. The summed E-state index contributed by atoms with van der Waals surface area (Å²) in [7, 11) is 0. The Morgan fingerprint density at radius 1 is 1.25 bits per heavy atom. The maximum Gasteiger partial charge on any atom is 0.167 e. The van der Waals surface area contributed by atoms with Crippen LogP contribution in [0.15, 0.2) is 0 Å². The van der Waals surface area contributed by atoms with Crippen LogP contribution in [-0.2, 0) is 14.2 Å². The largest absolute Gasteiger partial charge is 0.380 e. The Kier molecular flexibility index (Phi) is 4.77. The van der Waals surface area contributed by atoms with Gasteiger partial charge < -0.3 is 14.2 Å². The summed E-state index contributed by atoms with van der Waals surface area (Å²) in [4.78, 5) is 0. The number of rotatable bonds is 7. The van der Waals surface area contributed by atoms with E-state index in [0.29, 0.717) is 24.5 Å². The predicted octanol–water partition coefficient (Wildman–Crippen LogP) is 2.84. The van der Waals surface area contributed by atoms with Gasteiger partial charge in [0.25, 0.3) is 0 Å². The van der Waals surface area contributed by atoms with Crippen LogP contribution in [0.5, 0.6) is 0 Å². The average Bonchev–Trinajstić information content (AvgIpc) is 2.16. The van der Waals surface area contributed by atoms with Crippen LogP contribution in [0.1, 0.15) is 41.0 Å². The van der Waals surface area contributed by atoms with Gasteiger partial charge in [-0.05, 0) is 27.2 Å². The van der Waals surface area contributed by atoms with Crippen molar-refractivity contribution in [3.63, 3.8) is 0 Å². The molecule has 0 spiro atoms. The molecule has 1 atom stereocenters. The highest BCUT2D eigenvalue weighted by Gasteiger charge is 2.41. The van der Waals surface area contributed by atoms with Crippen molar-refractivity contribution in [1.29, 1.82) is 0 Å². The summed E-state index contributed by atoms with van der Waals surface area (Å²) in [6, 6.07) is 0. The molecule has 96 valence electrons. The second-order valence-electron chi connectivity index (χ2n) is 5.29. The zero-order chi connectivity index (χ0) is 12.2. The van der Waals surface area contributed by atoms with Crippen LogP contribution in [0.25, 0.3) is 0 Å². The van der Waals surface area contributed by atoms with Gasteiger partial charge in [0.2, 0.25) is 0 Å². The van der Waals surface area contributed by atoms with Gasteiger partial charge in [-0.1, -0.05) is 13.8 Å². The van der Waals surface area contributed by atoms with E-state index in [9.17, 15) is 0 Å². The smallest absolute Gasteiger partial charge is 0.167 e. The molecular weight excluding hydrogens is 204 g/mol. The zero-order valence-electron chi connectivity index (χ0n) is 11.3. The highest BCUT2D eigenvalue weighted by Crippen LogP contribution is 2.38. The molecule has 1 aliphatic rings. The molecule has 0 N–H and O–H groups in total. The van der Waals surface area contributed by atoms with E-state index >= 15 is 0 Å². The van der Waals surface area contributed by atoms with E-state index in [2.05, 4.69) is 13.8 Å². The lowest BCUT2D eigenvalue weighted by Crippen LogP contribution is -2.47. The maximum atomic E-state index is 5.78. The molecule has 1 unspecified atom stereocenters. The minimum absolute atomic E-state index is 0.314. The third-order valence-corrected chi connectivity index (χ3v) is 3.46. The van der Waals surface area contributed by atoms with Crippen molar-refractivity contribution in [3.8, 4) is 0 Å². The normalized spacial score (nSPS) is 21.6. The van der Waals surface area contributed by atoms with Crippen LogP contribution in [0.4, 0.5) is 0 Å². The molecule has 3 heteroatoms. The summed E-state index contributed by atoms with van der Waals surface area (Å²) >= 11 is 0. The van der Waals surface area contributed by atoms with Gasteiger partial charge in [-0.25, -0.2) is 0 Å². The SMILES string of the molecule is CCOC(C)(OCC)C(C)CC1(C)COC1. The van der Waals surface area contributed by atoms with E-state index in [1.54, 1.807) is 0 Å². The summed E-state index contributed by atoms with van der Waals surface area (Å²) in [6.07, 6.45) is 1.09. The van der Waals surface area contributed by atoms with Crippen molar-refractivity contribution < 1.29 is 14.2 Å². The van der Waals surface area contributed by atoms with Crippen LogP contribution in [0, 0.1) is 11.3 Å². The Labute approximate surface area is 99.5 Å². The molecule has 0 aromatic rings. The van der Waals surface area contributed by atoms with Crippen molar-refractivity contribution >= 4 is 0 Å². The van der Waals surface area contributed by atoms with E-state index in [0.717, 1.165) is 19.6 Å². The molecular formula is C13H26O3. The van der Waals surface area contributed by atoms with Crippen molar-refractivity contribution in [1.82, 2.24) is 0 Å². The topological polar surface area (TPSA) is 27.7 Å². The first-order valence-corrected chi connectivity index (χ1v) is 6.31. The number of hydrogen-bond acceptors (Lipinski definition) is 3. The first-order valence-electron chi connectivity index (χ1n) is 6.31. The van der Waals surface area contributed by atoms with Crippen molar-refractivity contribution in [3.05, 3.63) is 0 Å². The minimum atomic E-state index is -0.456. The van der Waals surface area contributed by atoms with Crippen LogP contribution in [0.3, 0.4) is 0 Å². The molecule has 0 radical (unpaired) electrons. The molecule has 0 bridgehead atoms. The van der Waals surface area contributed by atoms with Gasteiger partial charge in [-0.3, -0.25) is 0 Å². The fraction of sp³-hybridized carbons (Fsp3) is 1.00. The van der Waals surface area contributed by atoms with E-state index in [1.807, 2.05) is 20.8 Å². The maximum absolute atomic E-state index is 5.78. The van der Waals surface area contributed by atoms with E-state index in [1.165, 1.54) is 0 Å². The van der Waals surface area contributed by atoms with Gasteiger partial charge in [0.05, 0.1) is 13.2 Å². The predicted molar refractivity (Wildman–Crippen MR) is 64.4 cm³/mol. The molecule has 1 rings (SSSR count). The summed E-state index contributed by atoms with van der Waals surface area (Å²) < 4.78 is 16.9. The van der Waals surface area contributed by atoms with Gasteiger partial charge in [0.15, 0.2) is 5.79 Å². The third kappa shape index (κ3) is 3.19. The summed E-state index contributed by atoms with van der Waals surface area (Å²) in [6.45, 7) is 13.7. The first kappa shape index (κ1) is 13.9. The number of ether oxygens (including phenoxy) is 3. The monoisotopic (exact) mass is 230 g/mol. The van der Waals surface area contributed by atoms with Gasteiger partial charge >= 0.3 is 0 Å². The zero-order valence-corrected chi connectivity index (χ0v) is 11.3. The Balaban J connectivity index is 2.55.